The normalized spacial score (nSPS) is 10.8. The van der Waals surface area contributed by atoms with Crippen molar-refractivity contribution in [3.8, 4) is 16.8 Å². The van der Waals surface area contributed by atoms with Gasteiger partial charge in [0.1, 0.15) is 6.07 Å². The van der Waals surface area contributed by atoms with Crippen LogP contribution in [0.3, 0.4) is 0 Å². The van der Waals surface area contributed by atoms with Gasteiger partial charge in [0.2, 0.25) is 11.8 Å². The molecule has 0 aliphatic heterocycles. The van der Waals surface area contributed by atoms with E-state index >= 15 is 0 Å². The molecular formula is C19H18ClN5O2S. The van der Waals surface area contributed by atoms with E-state index in [0.29, 0.717) is 41.1 Å². The maximum absolute atomic E-state index is 12.5. The molecule has 2 heterocycles. The van der Waals surface area contributed by atoms with Crippen molar-refractivity contribution < 1.29 is 9.21 Å². The number of carbonyl (C=O) groups is 1. The molecule has 144 valence electrons. The number of hydrogen-bond acceptors (Lipinski definition) is 7. The molecule has 1 aromatic carbocycles. The summed E-state index contributed by atoms with van der Waals surface area (Å²) in [5.74, 6) is 0.679. The van der Waals surface area contributed by atoms with Crippen LogP contribution in [0.5, 0.6) is 0 Å². The fourth-order valence-corrected chi connectivity index (χ4v) is 3.47. The van der Waals surface area contributed by atoms with Gasteiger partial charge in [-0.15, -0.1) is 21.5 Å². The van der Waals surface area contributed by atoms with Gasteiger partial charge in [-0.25, -0.2) is 0 Å². The number of benzene rings is 1. The van der Waals surface area contributed by atoms with Gasteiger partial charge >= 0.3 is 0 Å². The van der Waals surface area contributed by atoms with Crippen molar-refractivity contribution in [3.05, 3.63) is 52.2 Å². The smallest absolute Gasteiger partial charge is 0.257 e. The topological polar surface area (TPSA) is 95.1 Å². The first-order chi connectivity index (χ1) is 13.6. The van der Waals surface area contributed by atoms with Crippen molar-refractivity contribution in [2.45, 2.75) is 19.9 Å². The van der Waals surface area contributed by atoms with E-state index in [2.05, 4.69) is 15.5 Å². The highest BCUT2D eigenvalue weighted by atomic mass is 35.5. The van der Waals surface area contributed by atoms with Crippen LogP contribution in [-0.2, 0) is 11.3 Å². The molecule has 0 atom stereocenters. The van der Waals surface area contributed by atoms with Gasteiger partial charge in [-0.3, -0.25) is 9.69 Å². The van der Waals surface area contributed by atoms with E-state index in [9.17, 15) is 10.1 Å². The Bertz CT molecular complexity index is 981. The van der Waals surface area contributed by atoms with E-state index in [-0.39, 0.29) is 12.5 Å². The van der Waals surface area contributed by atoms with Gasteiger partial charge in [-0.2, -0.15) is 5.26 Å². The highest BCUT2D eigenvalue weighted by Crippen LogP contribution is 2.23. The molecule has 7 nitrogen and oxygen atoms in total. The zero-order chi connectivity index (χ0) is 19.9. The molecular weight excluding hydrogens is 398 g/mol. The number of aromatic nitrogens is 2. The van der Waals surface area contributed by atoms with Crippen LogP contribution in [0.25, 0.3) is 10.8 Å². The summed E-state index contributed by atoms with van der Waals surface area (Å²) in [6.45, 7) is 3.20. The summed E-state index contributed by atoms with van der Waals surface area (Å²) >= 11 is 7.49. The number of hydrogen-bond donors (Lipinski definition) is 1. The second-order valence-corrected chi connectivity index (χ2v) is 7.42. The number of nitrogens with one attached hydrogen (secondary N) is 1. The Balaban J connectivity index is 1.65. The number of anilines is 1. The second kappa shape index (κ2) is 9.46. The van der Waals surface area contributed by atoms with Gasteiger partial charge in [-0.05, 0) is 42.6 Å². The molecule has 1 amide bonds. The summed E-state index contributed by atoms with van der Waals surface area (Å²) in [5, 5.41) is 22.5. The maximum Gasteiger partial charge on any atom is 0.257 e. The molecule has 0 saturated heterocycles. The summed E-state index contributed by atoms with van der Waals surface area (Å²) in [5.41, 5.74) is 0.756. The monoisotopic (exact) mass is 415 g/mol. The molecule has 2 aromatic heterocycles. The van der Waals surface area contributed by atoms with Crippen molar-refractivity contribution >= 4 is 34.5 Å². The lowest BCUT2D eigenvalue weighted by atomic mass is 10.2. The molecule has 3 rings (SSSR count). The third-order valence-electron chi connectivity index (χ3n) is 3.84. The zero-order valence-corrected chi connectivity index (χ0v) is 16.8. The first kappa shape index (κ1) is 20.0. The summed E-state index contributed by atoms with van der Waals surface area (Å²) in [6, 6.07) is 10.6. The Labute approximate surface area is 171 Å². The van der Waals surface area contributed by atoms with Crippen molar-refractivity contribution in [2.24, 2.45) is 0 Å². The average molecular weight is 416 g/mol. The Hall–Kier alpha value is -2.73. The number of nitriles is 1. The van der Waals surface area contributed by atoms with Gasteiger partial charge in [0.25, 0.3) is 5.89 Å². The van der Waals surface area contributed by atoms with E-state index < -0.39 is 0 Å². The fraction of sp³-hybridized carbons (Fsp3) is 0.263. The zero-order valence-electron chi connectivity index (χ0n) is 15.2. The van der Waals surface area contributed by atoms with Gasteiger partial charge in [0.05, 0.1) is 29.2 Å². The lowest BCUT2D eigenvalue weighted by Crippen LogP contribution is -2.33. The highest BCUT2D eigenvalue weighted by Gasteiger charge is 2.17. The van der Waals surface area contributed by atoms with Crippen molar-refractivity contribution in [3.63, 3.8) is 0 Å². The lowest BCUT2D eigenvalue weighted by Gasteiger charge is -2.19. The maximum atomic E-state index is 12.5. The first-order valence-corrected chi connectivity index (χ1v) is 9.93. The van der Waals surface area contributed by atoms with Crippen LogP contribution in [0, 0.1) is 11.3 Å². The van der Waals surface area contributed by atoms with E-state index in [1.54, 1.807) is 18.2 Å². The molecule has 1 N–H and O–H groups in total. The summed E-state index contributed by atoms with van der Waals surface area (Å²) in [4.78, 5) is 15.3. The minimum absolute atomic E-state index is 0.127. The van der Waals surface area contributed by atoms with Crippen LogP contribution in [0.2, 0.25) is 5.02 Å². The molecule has 0 unspecified atom stereocenters. The van der Waals surface area contributed by atoms with E-state index in [4.69, 9.17) is 16.0 Å². The van der Waals surface area contributed by atoms with Gasteiger partial charge < -0.3 is 9.73 Å². The molecule has 28 heavy (non-hydrogen) atoms. The number of thiophene rings is 1. The Morgan fingerprint density at radius 3 is 2.96 bits per heavy atom. The highest BCUT2D eigenvalue weighted by molar-refractivity contribution is 7.13. The van der Waals surface area contributed by atoms with Crippen molar-refractivity contribution in [1.29, 1.82) is 5.26 Å². The molecule has 0 fully saturated rings. The van der Waals surface area contributed by atoms with E-state index in [1.807, 2.05) is 35.4 Å². The minimum Gasteiger partial charge on any atom is -0.419 e. The third-order valence-corrected chi connectivity index (χ3v) is 4.93. The second-order valence-electron chi connectivity index (χ2n) is 6.04. The molecule has 0 spiro atoms. The number of rotatable bonds is 8. The average Bonchev–Trinajstić information content (AvgIpc) is 3.33. The fourth-order valence-electron chi connectivity index (χ4n) is 2.65. The number of amides is 1. The molecule has 0 aliphatic rings. The molecule has 0 aliphatic carbocycles. The third kappa shape index (κ3) is 5.16. The lowest BCUT2D eigenvalue weighted by molar-refractivity contribution is -0.117. The molecule has 3 aromatic rings. The first-order valence-electron chi connectivity index (χ1n) is 8.67. The Kier molecular flexibility index (Phi) is 6.76. The van der Waals surface area contributed by atoms with Crippen LogP contribution in [0.1, 0.15) is 24.8 Å². The summed E-state index contributed by atoms with van der Waals surface area (Å²) in [6.07, 6.45) is 0.861. The largest absolute Gasteiger partial charge is 0.419 e. The standard InChI is InChI=1S/C19H18ClN5O2S/c1-2-7-25(12-18-23-24-19(27-18)16-4-3-8-28-16)11-17(26)22-15-9-14(20)6-5-13(15)10-21/h3-6,8-9H,2,7,11-12H2,1H3,(H,22,26). The van der Waals surface area contributed by atoms with E-state index in [1.165, 1.54) is 11.3 Å². The Morgan fingerprint density at radius 1 is 1.39 bits per heavy atom. The number of nitrogens with zero attached hydrogens (tertiary/aromatic N) is 4. The quantitative estimate of drug-likeness (QED) is 0.593. The van der Waals surface area contributed by atoms with E-state index in [0.717, 1.165) is 11.3 Å². The predicted molar refractivity (Wildman–Crippen MR) is 108 cm³/mol. The minimum atomic E-state index is -0.245. The van der Waals surface area contributed by atoms with Crippen LogP contribution < -0.4 is 5.32 Å². The molecule has 0 radical (unpaired) electrons. The van der Waals surface area contributed by atoms with Crippen LogP contribution in [0.4, 0.5) is 5.69 Å². The number of halogens is 1. The van der Waals surface area contributed by atoms with Crippen LogP contribution in [0.15, 0.2) is 40.1 Å². The summed E-state index contributed by atoms with van der Waals surface area (Å²) < 4.78 is 5.71. The molecule has 0 bridgehead atoms. The van der Waals surface area contributed by atoms with Crippen molar-refractivity contribution in [1.82, 2.24) is 15.1 Å². The van der Waals surface area contributed by atoms with Gasteiger partial charge in [-0.1, -0.05) is 24.6 Å². The molecule has 9 heteroatoms. The number of carbonyl (C=O) groups excluding carboxylic acids is 1. The van der Waals surface area contributed by atoms with Crippen LogP contribution >= 0.6 is 22.9 Å². The van der Waals surface area contributed by atoms with Crippen molar-refractivity contribution in [2.75, 3.05) is 18.4 Å². The van der Waals surface area contributed by atoms with Crippen LogP contribution in [-0.4, -0.2) is 34.1 Å². The van der Waals surface area contributed by atoms with Gasteiger partial charge in [0.15, 0.2) is 0 Å². The van der Waals surface area contributed by atoms with Gasteiger partial charge in [0, 0.05) is 5.02 Å². The Morgan fingerprint density at radius 2 is 2.25 bits per heavy atom. The summed E-state index contributed by atoms with van der Waals surface area (Å²) in [7, 11) is 0. The predicted octanol–water partition coefficient (Wildman–Crippen LogP) is 4.17. The SMILES string of the molecule is CCCN(CC(=O)Nc1cc(Cl)ccc1C#N)Cc1nnc(-c2cccs2)o1. The molecule has 0 saturated carbocycles.